The second-order valence-electron chi connectivity index (χ2n) is 12.1. The van der Waals surface area contributed by atoms with Crippen LogP contribution in [0.3, 0.4) is 0 Å². The van der Waals surface area contributed by atoms with Gasteiger partial charge >= 0.3 is 5.69 Å². The van der Waals surface area contributed by atoms with E-state index in [1.54, 1.807) is 0 Å². The van der Waals surface area contributed by atoms with Gasteiger partial charge in [0.1, 0.15) is 18.3 Å². The van der Waals surface area contributed by atoms with Crippen LogP contribution in [-0.2, 0) is 52.8 Å². The number of aromatic nitrogens is 2. The first kappa shape index (κ1) is 37.1. The molecule has 0 spiro atoms. The largest absolute Gasteiger partial charge is 0.395 e. The van der Waals surface area contributed by atoms with Crippen molar-refractivity contribution in [2.45, 2.75) is 64.0 Å². The van der Waals surface area contributed by atoms with Gasteiger partial charge in [-0.3, -0.25) is 18.5 Å². The van der Waals surface area contributed by atoms with E-state index >= 15 is 0 Å². The van der Waals surface area contributed by atoms with Crippen LogP contribution in [0.4, 0.5) is 4.39 Å². The fourth-order valence-electron chi connectivity index (χ4n) is 4.85. The SMILES string of the molecule is C[Si](C)(C)O[C@@H]([C@H](OCc1ccccc1)[C@@H](OCc1ccccc1)[C@@H](COCc1ccccc1)OS(C)(=O)=O)n1cc(F)c(=O)[nH]c1=O. The maximum atomic E-state index is 14.8. The number of nitrogens with zero attached hydrogens (tertiary/aromatic N) is 1. The van der Waals surface area contributed by atoms with Crippen LogP contribution in [0.1, 0.15) is 22.9 Å². The molecule has 0 aliphatic heterocycles. The van der Waals surface area contributed by atoms with Crippen LogP contribution in [0.15, 0.2) is 107 Å². The standard InChI is InChI=1S/C34H41FN2O9SSi/c1-47(40,41)45-29(24-42-21-25-14-8-5-9-15-25)30(43-22-26-16-10-6-11-17-26)31(44-23-27-18-12-7-13-19-27)33(46-48(2,3)4)37-20-28(35)32(38)36-34(37)39/h5-20,29-31,33H,21-24H2,1-4H3,(H,36,38,39)/t29-,30+,31-,33+/m1/s1. The summed E-state index contributed by atoms with van der Waals surface area (Å²) in [7, 11) is -6.73. The van der Waals surface area contributed by atoms with Crippen molar-refractivity contribution in [3.8, 4) is 0 Å². The van der Waals surface area contributed by atoms with Gasteiger partial charge in [-0.25, -0.2) is 4.79 Å². The molecule has 0 saturated carbocycles. The highest BCUT2D eigenvalue weighted by Crippen LogP contribution is 2.30. The van der Waals surface area contributed by atoms with E-state index < -0.39 is 60.0 Å². The molecule has 0 aliphatic rings. The van der Waals surface area contributed by atoms with Gasteiger partial charge in [-0.15, -0.1) is 0 Å². The Morgan fingerprint density at radius 1 is 0.771 bits per heavy atom. The van der Waals surface area contributed by atoms with E-state index in [4.69, 9.17) is 22.8 Å². The topological polar surface area (TPSA) is 135 Å². The quantitative estimate of drug-likeness (QED) is 0.115. The van der Waals surface area contributed by atoms with E-state index in [9.17, 15) is 22.4 Å². The fourth-order valence-corrected chi connectivity index (χ4v) is 6.44. The fraction of sp³-hybridized carbons (Fsp3) is 0.353. The Kier molecular flexibility index (Phi) is 13.2. The lowest BCUT2D eigenvalue weighted by Crippen LogP contribution is -2.53. The van der Waals surface area contributed by atoms with Crippen molar-refractivity contribution < 1.29 is 35.6 Å². The van der Waals surface area contributed by atoms with Crippen LogP contribution < -0.4 is 11.2 Å². The molecule has 1 heterocycles. The van der Waals surface area contributed by atoms with E-state index in [0.717, 1.165) is 33.7 Å². The first-order valence-corrected chi connectivity index (χ1v) is 20.5. The van der Waals surface area contributed by atoms with Crippen molar-refractivity contribution in [1.82, 2.24) is 9.55 Å². The highest BCUT2D eigenvalue weighted by molar-refractivity contribution is 7.86. The molecule has 0 fully saturated rings. The molecule has 4 aromatic rings. The number of aromatic amines is 1. The Hall–Kier alpha value is -3.76. The van der Waals surface area contributed by atoms with Gasteiger partial charge in [-0.1, -0.05) is 91.0 Å². The molecule has 0 unspecified atom stereocenters. The summed E-state index contributed by atoms with van der Waals surface area (Å²) in [5.74, 6) is -1.22. The predicted molar refractivity (Wildman–Crippen MR) is 181 cm³/mol. The van der Waals surface area contributed by atoms with Crippen LogP contribution >= 0.6 is 0 Å². The van der Waals surface area contributed by atoms with E-state index in [1.165, 1.54) is 0 Å². The lowest BCUT2D eigenvalue weighted by Gasteiger charge is -2.39. The Bertz CT molecular complexity index is 1800. The van der Waals surface area contributed by atoms with Gasteiger partial charge in [-0.05, 0) is 36.3 Å². The number of benzene rings is 3. The number of H-pyrrole nitrogens is 1. The Labute approximate surface area is 280 Å². The molecule has 4 atom stereocenters. The zero-order chi connectivity index (χ0) is 34.7. The van der Waals surface area contributed by atoms with Crippen LogP contribution in [0.25, 0.3) is 0 Å². The highest BCUT2D eigenvalue weighted by Gasteiger charge is 2.43. The monoisotopic (exact) mass is 700 g/mol. The zero-order valence-corrected chi connectivity index (χ0v) is 29.1. The van der Waals surface area contributed by atoms with Crippen molar-refractivity contribution in [3.63, 3.8) is 0 Å². The third kappa shape index (κ3) is 11.7. The molecule has 1 N–H and O–H groups in total. The molecule has 4 rings (SSSR count). The minimum Gasteiger partial charge on any atom is -0.395 e. The van der Waals surface area contributed by atoms with Crippen molar-refractivity contribution in [3.05, 3.63) is 141 Å². The molecular formula is C34H41FN2O9SSi. The first-order chi connectivity index (χ1) is 22.8. The second kappa shape index (κ2) is 17.1. The van der Waals surface area contributed by atoms with Gasteiger partial charge in [0.05, 0.1) is 38.9 Å². The minimum atomic E-state index is -4.12. The molecule has 258 valence electrons. The van der Waals surface area contributed by atoms with Crippen molar-refractivity contribution in [2.24, 2.45) is 0 Å². The molecule has 0 radical (unpaired) electrons. The Morgan fingerprint density at radius 3 is 1.73 bits per heavy atom. The van der Waals surface area contributed by atoms with Gasteiger partial charge in [0.25, 0.3) is 15.7 Å². The van der Waals surface area contributed by atoms with E-state index in [-0.39, 0.29) is 26.4 Å². The lowest BCUT2D eigenvalue weighted by molar-refractivity contribution is -0.181. The first-order valence-electron chi connectivity index (χ1n) is 15.3. The Balaban J connectivity index is 1.85. The molecule has 48 heavy (non-hydrogen) atoms. The number of hydrogen-bond donors (Lipinski definition) is 1. The molecular weight excluding hydrogens is 660 g/mol. The molecule has 1 aromatic heterocycles. The number of rotatable bonds is 18. The normalized spacial score (nSPS) is 14.7. The molecule has 0 bridgehead atoms. The summed E-state index contributed by atoms with van der Waals surface area (Å²) in [6.07, 6.45) is -3.68. The van der Waals surface area contributed by atoms with Crippen LogP contribution in [-0.4, -0.2) is 57.5 Å². The van der Waals surface area contributed by atoms with Crippen LogP contribution in [0.2, 0.25) is 19.6 Å². The van der Waals surface area contributed by atoms with Crippen molar-refractivity contribution in [1.29, 1.82) is 0 Å². The molecule has 0 amide bonds. The summed E-state index contributed by atoms with van der Waals surface area (Å²) in [6, 6.07) is 27.5. The lowest BCUT2D eigenvalue weighted by atomic mass is 10.1. The molecule has 0 aliphatic carbocycles. The van der Waals surface area contributed by atoms with E-state index in [2.05, 4.69) is 0 Å². The summed E-state index contributed by atoms with van der Waals surface area (Å²) >= 11 is 0. The van der Waals surface area contributed by atoms with Crippen molar-refractivity contribution in [2.75, 3.05) is 12.9 Å². The van der Waals surface area contributed by atoms with Gasteiger partial charge < -0.3 is 18.6 Å². The van der Waals surface area contributed by atoms with Gasteiger partial charge in [0.2, 0.25) is 5.82 Å². The maximum Gasteiger partial charge on any atom is 0.330 e. The smallest absolute Gasteiger partial charge is 0.330 e. The number of nitrogens with one attached hydrogen (secondary N) is 1. The van der Waals surface area contributed by atoms with E-state index in [1.807, 2.05) is 116 Å². The van der Waals surface area contributed by atoms with Crippen LogP contribution in [0, 0.1) is 5.82 Å². The van der Waals surface area contributed by atoms with Gasteiger partial charge in [0, 0.05) is 0 Å². The summed E-state index contributed by atoms with van der Waals surface area (Å²) < 4.78 is 72.2. The molecule has 14 heteroatoms. The van der Waals surface area contributed by atoms with E-state index in [0.29, 0.717) is 0 Å². The summed E-state index contributed by atoms with van der Waals surface area (Å²) in [5.41, 5.74) is 0.180. The van der Waals surface area contributed by atoms with Gasteiger partial charge in [0.15, 0.2) is 14.5 Å². The molecule has 3 aromatic carbocycles. The maximum absolute atomic E-state index is 14.8. The third-order valence-corrected chi connectivity index (χ3v) is 8.45. The van der Waals surface area contributed by atoms with Crippen LogP contribution in [0.5, 0.6) is 0 Å². The molecule has 11 nitrogen and oxygen atoms in total. The molecule has 0 saturated heterocycles. The number of halogens is 1. The predicted octanol–water partition coefficient (Wildman–Crippen LogP) is 4.76. The summed E-state index contributed by atoms with van der Waals surface area (Å²) in [4.78, 5) is 27.3. The number of hydrogen-bond acceptors (Lipinski definition) is 9. The number of ether oxygens (including phenoxy) is 3. The second-order valence-corrected chi connectivity index (χ2v) is 18.2. The summed E-state index contributed by atoms with van der Waals surface area (Å²) in [5, 5.41) is 0. The average Bonchev–Trinajstić information content (AvgIpc) is 3.03. The highest BCUT2D eigenvalue weighted by atomic mass is 32.2. The summed E-state index contributed by atoms with van der Waals surface area (Å²) in [6.45, 7) is 5.37. The Morgan fingerprint density at radius 2 is 1.25 bits per heavy atom. The van der Waals surface area contributed by atoms with Gasteiger partial charge in [-0.2, -0.15) is 12.8 Å². The van der Waals surface area contributed by atoms with Crippen molar-refractivity contribution >= 4 is 18.4 Å². The third-order valence-electron chi connectivity index (χ3n) is 6.91. The average molecular weight is 701 g/mol. The zero-order valence-electron chi connectivity index (χ0n) is 27.3. The minimum absolute atomic E-state index is 0.0203.